The van der Waals surface area contributed by atoms with Gasteiger partial charge in [-0.15, -0.1) is 0 Å². The van der Waals surface area contributed by atoms with Crippen LogP contribution in [0.3, 0.4) is 0 Å². The highest BCUT2D eigenvalue weighted by Gasteiger charge is 2.28. The average Bonchev–Trinajstić information content (AvgIpc) is 2.40. The summed E-state index contributed by atoms with van der Waals surface area (Å²) in [5.41, 5.74) is 0. The topological polar surface area (TPSA) is 66.8 Å². The highest BCUT2D eigenvalue weighted by molar-refractivity contribution is 5.53. The Morgan fingerprint density at radius 2 is 1.42 bits per heavy atom. The lowest BCUT2D eigenvalue weighted by Gasteiger charge is -2.35. The van der Waals surface area contributed by atoms with Gasteiger partial charge in [-0.25, -0.2) is 4.79 Å². The van der Waals surface area contributed by atoms with Crippen molar-refractivity contribution in [1.82, 2.24) is 0 Å². The largest absolute Gasteiger partial charge is 0.503 e. The number of rotatable bonds is 3. The van der Waals surface area contributed by atoms with Crippen LogP contribution in [0.25, 0.3) is 0 Å². The number of carboxylic acid groups (broad SMARTS) is 2. The number of methoxy groups -OCH3 is 1. The summed E-state index contributed by atoms with van der Waals surface area (Å²) in [5.74, 6) is 3.02. The van der Waals surface area contributed by atoms with Crippen molar-refractivity contribution in [3.05, 3.63) is 0 Å². The Morgan fingerprint density at radius 3 is 1.89 bits per heavy atom. The predicted octanol–water partition coefficient (Wildman–Crippen LogP) is 4.24. The van der Waals surface area contributed by atoms with E-state index < -0.39 is 6.16 Å². The van der Waals surface area contributed by atoms with Gasteiger partial charge in [0.15, 0.2) is 0 Å². The minimum atomic E-state index is -1.83. The van der Waals surface area contributed by atoms with E-state index in [1.807, 2.05) is 7.11 Å². The maximum atomic E-state index is 8.56. The summed E-state index contributed by atoms with van der Waals surface area (Å²) in [6, 6.07) is 0. The second-order valence-corrected chi connectivity index (χ2v) is 5.92. The molecular weight excluding hydrogens is 244 g/mol. The fourth-order valence-corrected chi connectivity index (χ4v) is 3.67. The fraction of sp³-hybridized carbons (Fsp3) is 0.933. The average molecular weight is 272 g/mol. The Balaban J connectivity index is 0.000000399. The van der Waals surface area contributed by atoms with Gasteiger partial charge in [-0.1, -0.05) is 32.1 Å². The lowest BCUT2D eigenvalue weighted by molar-refractivity contribution is 0.0985. The quantitative estimate of drug-likeness (QED) is 0.806. The SMILES string of the molecule is COC[C@H]1CC[C@H](C2CCCCC2)CC1.O=C(O)O. The maximum Gasteiger partial charge on any atom is 0.503 e. The maximum absolute atomic E-state index is 8.56. The zero-order valence-corrected chi connectivity index (χ0v) is 12.0. The molecule has 0 atom stereocenters. The van der Waals surface area contributed by atoms with Crippen molar-refractivity contribution in [2.24, 2.45) is 17.8 Å². The highest BCUT2D eigenvalue weighted by Crippen LogP contribution is 2.39. The molecule has 0 aromatic heterocycles. The van der Waals surface area contributed by atoms with Crippen molar-refractivity contribution in [3.8, 4) is 0 Å². The van der Waals surface area contributed by atoms with E-state index >= 15 is 0 Å². The lowest BCUT2D eigenvalue weighted by atomic mass is 9.71. The molecule has 2 rings (SSSR count). The van der Waals surface area contributed by atoms with Crippen LogP contribution in [-0.4, -0.2) is 30.1 Å². The third kappa shape index (κ3) is 6.81. The standard InChI is InChI=1S/C14H26O.CH2O3/c1-15-11-12-7-9-14(10-8-12)13-5-3-2-4-6-13;2-1(3)4/h12-14H,2-11H2,1H3;(H2,2,3,4)/t12-,14-;. The van der Waals surface area contributed by atoms with Crippen LogP contribution in [-0.2, 0) is 4.74 Å². The molecule has 2 aliphatic rings. The van der Waals surface area contributed by atoms with Gasteiger partial charge < -0.3 is 14.9 Å². The summed E-state index contributed by atoms with van der Waals surface area (Å²) in [6.45, 7) is 0.997. The number of hydrogen-bond acceptors (Lipinski definition) is 2. The molecule has 0 aromatic rings. The van der Waals surface area contributed by atoms with Crippen LogP contribution >= 0.6 is 0 Å². The van der Waals surface area contributed by atoms with E-state index in [1.165, 1.54) is 57.8 Å². The molecule has 0 unspecified atom stereocenters. The minimum Gasteiger partial charge on any atom is -0.450 e. The van der Waals surface area contributed by atoms with Crippen molar-refractivity contribution >= 4 is 6.16 Å². The molecular formula is C15H28O4. The van der Waals surface area contributed by atoms with Gasteiger partial charge in [-0.3, -0.25) is 0 Å². The van der Waals surface area contributed by atoms with Crippen molar-refractivity contribution in [3.63, 3.8) is 0 Å². The van der Waals surface area contributed by atoms with Gasteiger partial charge in [0.05, 0.1) is 0 Å². The van der Waals surface area contributed by atoms with E-state index in [0.717, 1.165) is 24.4 Å². The molecule has 4 nitrogen and oxygen atoms in total. The van der Waals surface area contributed by atoms with Gasteiger partial charge in [0.2, 0.25) is 0 Å². The molecule has 0 heterocycles. The predicted molar refractivity (Wildman–Crippen MR) is 74.6 cm³/mol. The molecule has 2 fully saturated rings. The van der Waals surface area contributed by atoms with Crippen molar-refractivity contribution in [2.45, 2.75) is 57.8 Å². The fourth-order valence-electron chi connectivity index (χ4n) is 3.67. The Kier molecular flexibility index (Phi) is 7.87. The summed E-state index contributed by atoms with van der Waals surface area (Å²) >= 11 is 0. The smallest absolute Gasteiger partial charge is 0.450 e. The van der Waals surface area contributed by atoms with Crippen LogP contribution in [0.1, 0.15) is 57.8 Å². The minimum absolute atomic E-state index is 0.870. The van der Waals surface area contributed by atoms with Crippen LogP contribution in [0.4, 0.5) is 4.79 Å². The van der Waals surface area contributed by atoms with Crippen molar-refractivity contribution in [1.29, 1.82) is 0 Å². The molecule has 0 saturated heterocycles. The number of ether oxygens (including phenoxy) is 1. The second-order valence-electron chi connectivity index (χ2n) is 5.92. The summed E-state index contributed by atoms with van der Waals surface area (Å²) in [6.07, 6.45) is 11.5. The summed E-state index contributed by atoms with van der Waals surface area (Å²) in [4.78, 5) is 8.56. The van der Waals surface area contributed by atoms with Crippen LogP contribution in [0.2, 0.25) is 0 Å². The number of hydrogen-bond donors (Lipinski definition) is 2. The molecule has 0 aliphatic heterocycles. The Labute approximate surface area is 116 Å². The summed E-state index contributed by atoms with van der Waals surface area (Å²) < 4.78 is 5.26. The lowest BCUT2D eigenvalue weighted by Crippen LogP contribution is -2.25. The third-order valence-electron chi connectivity index (χ3n) is 4.61. The normalized spacial score (nSPS) is 28.3. The number of carbonyl (C=O) groups is 1. The first-order chi connectivity index (χ1) is 9.13. The first-order valence-electron chi connectivity index (χ1n) is 7.54. The highest BCUT2D eigenvalue weighted by atomic mass is 16.6. The van der Waals surface area contributed by atoms with E-state index in [0.29, 0.717) is 0 Å². The van der Waals surface area contributed by atoms with Crippen molar-refractivity contribution < 1.29 is 19.7 Å². The van der Waals surface area contributed by atoms with E-state index in [1.54, 1.807) is 0 Å². The Morgan fingerprint density at radius 1 is 0.947 bits per heavy atom. The molecule has 2 saturated carbocycles. The summed E-state index contributed by atoms with van der Waals surface area (Å²) in [7, 11) is 1.84. The monoisotopic (exact) mass is 272 g/mol. The van der Waals surface area contributed by atoms with Gasteiger partial charge in [-0.05, 0) is 43.4 Å². The second kappa shape index (κ2) is 9.18. The van der Waals surface area contributed by atoms with Crippen LogP contribution in [0.5, 0.6) is 0 Å². The summed E-state index contributed by atoms with van der Waals surface area (Å²) in [5, 5.41) is 13.9. The molecule has 0 spiro atoms. The molecule has 4 heteroatoms. The Bertz CT molecular complexity index is 237. The van der Waals surface area contributed by atoms with E-state index in [-0.39, 0.29) is 0 Å². The van der Waals surface area contributed by atoms with Crippen LogP contribution in [0, 0.1) is 17.8 Å². The van der Waals surface area contributed by atoms with Crippen molar-refractivity contribution in [2.75, 3.05) is 13.7 Å². The van der Waals surface area contributed by atoms with Gasteiger partial charge in [-0.2, -0.15) is 0 Å². The zero-order chi connectivity index (χ0) is 14.1. The van der Waals surface area contributed by atoms with Gasteiger partial charge in [0.1, 0.15) is 0 Å². The molecule has 0 aromatic carbocycles. The van der Waals surface area contributed by atoms with E-state index in [2.05, 4.69) is 0 Å². The molecule has 0 radical (unpaired) electrons. The molecule has 0 bridgehead atoms. The van der Waals surface area contributed by atoms with Gasteiger partial charge >= 0.3 is 6.16 Å². The van der Waals surface area contributed by atoms with Crippen LogP contribution < -0.4 is 0 Å². The molecule has 112 valence electrons. The first kappa shape index (κ1) is 16.3. The first-order valence-corrected chi connectivity index (χ1v) is 7.54. The third-order valence-corrected chi connectivity index (χ3v) is 4.61. The molecule has 19 heavy (non-hydrogen) atoms. The molecule has 2 N–H and O–H groups in total. The molecule has 0 amide bonds. The van der Waals surface area contributed by atoms with Crippen LogP contribution in [0.15, 0.2) is 0 Å². The molecule has 2 aliphatic carbocycles. The zero-order valence-electron chi connectivity index (χ0n) is 12.0. The van der Waals surface area contributed by atoms with Gasteiger partial charge in [0, 0.05) is 13.7 Å². The van der Waals surface area contributed by atoms with E-state index in [9.17, 15) is 0 Å². The van der Waals surface area contributed by atoms with E-state index in [4.69, 9.17) is 19.7 Å². The van der Waals surface area contributed by atoms with Gasteiger partial charge in [0.25, 0.3) is 0 Å². The Hall–Kier alpha value is -0.770.